The summed E-state index contributed by atoms with van der Waals surface area (Å²) < 4.78 is 5.23. The summed E-state index contributed by atoms with van der Waals surface area (Å²) in [7, 11) is 0. The zero-order chi connectivity index (χ0) is 26.9. The van der Waals surface area contributed by atoms with Gasteiger partial charge in [-0.2, -0.15) is 0 Å². The van der Waals surface area contributed by atoms with Crippen LogP contribution in [0.2, 0.25) is 0 Å². The maximum Gasteiger partial charge on any atom is 0.408 e. The van der Waals surface area contributed by atoms with Gasteiger partial charge in [-0.15, -0.1) is 6.58 Å². The highest BCUT2D eigenvalue weighted by molar-refractivity contribution is 5.99. The van der Waals surface area contributed by atoms with E-state index in [0.29, 0.717) is 11.3 Å². The van der Waals surface area contributed by atoms with Crippen molar-refractivity contribution in [3.05, 3.63) is 84.5 Å². The first kappa shape index (κ1) is 28.3. The molecule has 0 saturated carbocycles. The van der Waals surface area contributed by atoms with Crippen molar-refractivity contribution in [3.8, 4) is 0 Å². The van der Waals surface area contributed by atoms with Crippen molar-refractivity contribution in [3.63, 3.8) is 0 Å². The van der Waals surface area contributed by atoms with Crippen molar-refractivity contribution < 1.29 is 24.2 Å². The fourth-order valence-corrected chi connectivity index (χ4v) is 3.54. The molecule has 36 heavy (non-hydrogen) atoms. The van der Waals surface area contributed by atoms with E-state index in [0.717, 1.165) is 11.1 Å². The van der Waals surface area contributed by atoms with Crippen LogP contribution in [-0.4, -0.2) is 52.7 Å². The first-order chi connectivity index (χ1) is 17.0. The molecule has 0 fully saturated rings. The molecule has 0 aliphatic rings. The van der Waals surface area contributed by atoms with Gasteiger partial charge >= 0.3 is 6.09 Å². The van der Waals surface area contributed by atoms with E-state index in [4.69, 9.17) is 4.74 Å². The van der Waals surface area contributed by atoms with Gasteiger partial charge in [-0.25, -0.2) is 4.79 Å². The van der Waals surface area contributed by atoms with Crippen LogP contribution >= 0.6 is 0 Å². The number of hydrogen-bond acceptors (Lipinski definition) is 5. The molecular weight excluding hydrogens is 458 g/mol. The Labute approximate surface area is 212 Å². The Morgan fingerprint density at radius 2 is 1.81 bits per heavy atom. The normalized spacial score (nSPS) is 12.6. The molecule has 0 aromatic heterocycles. The van der Waals surface area contributed by atoms with Gasteiger partial charge in [0.15, 0.2) is 0 Å². The van der Waals surface area contributed by atoms with Crippen LogP contribution in [0.15, 0.2) is 67.8 Å². The Balaban J connectivity index is 2.49. The van der Waals surface area contributed by atoms with Crippen LogP contribution < -0.4 is 10.6 Å². The summed E-state index contributed by atoms with van der Waals surface area (Å²) in [6.07, 6.45) is 2.26. The molecule has 192 valence electrons. The van der Waals surface area contributed by atoms with Gasteiger partial charge in [-0.1, -0.05) is 55.1 Å². The van der Waals surface area contributed by atoms with Gasteiger partial charge in [0.25, 0.3) is 5.91 Å². The van der Waals surface area contributed by atoms with E-state index in [1.807, 2.05) is 25.1 Å². The number of nitrogens with zero attached hydrogens (tertiary/aromatic N) is 1. The van der Waals surface area contributed by atoms with Gasteiger partial charge in [-0.05, 0) is 56.5 Å². The number of amides is 3. The maximum atomic E-state index is 13.7. The number of carbonyl (C=O) groups is 3. The highest BCUT2D eigenvalue weighted by Crippen LogP contribution is 2.26. The summed E-state index contributed by atoms with van der Waals surface area (Å²) >= 11 is 0. The first-order valence-corrected chi connectivity index (χ1v) is 11.6. The predicted molar refractivity (Wildman–Crippen MR) is 141 cm³/mol. The summed E-state index contributed by atoms with van der Waals surface area (Å²) in [4.78, 5) is 40.9. The molecule has 0 spiro atoms. The molecule has 2 unspecified atom stereocenters. The molecule has 0 saturated heterocycles. The lowest BCUT2D eigenvalue weighted by molar-refractivity contribution is -0.140. The number of nitrogens with one attached hydrogen (secondary N) is 2. The van der Waals surface area contributed by atoms with Crippen LogP contribution in [0.3, 0.4) is 0 Å². The second-order valence-electron chi connectivity index (χ2n) is 9.24. The molecule has 2 atom stereocenters. The molecule has 0 aliphatic heterocycles. The summed E-state index contributed by atoms with van der Waals surface area (Å²) in [6, 6.07) is 11.9. The number of ether oxygens (including phenoxy) is 1. The van der Waals surface area contributed by atoms with Gasteiger partial charge in [0.05, 0.1) is 6.61 Å². The predicted octanol–water partition coefficient (Wildman–Crippen LogP) is 4.22. The minimum Gasteiger partial charge on any atom is -0.444 e. The van der Waals surface area contributed by atoms with Gasteiger partial charge in [0, 0.05) is 12.2 Å². The van der Waals surface area contributed by atoms with Crippen LogP contribution in [-0.2, 0) is 14.3 Å². The van der Waals surface area contributed by atoms with Crippen molar-refractivity contribution >= 4 is 29.7 Å². The van der Waals surface area contributed by atoms with E-state index in [1.165, 1.54) is 11.0 Å². The number of hydrogen-bond donors (Lipinski definition) is 3. The Morgan fingerprint density at radius 3 is 2.39 bits per heavy atom. The van der Waals surface area contributed by atoms with Crippen LogP contribution in [0.4, 0.5) is 10.5 Å². The standard InChI is InChI=1S/C28H35N3O5/c1-7-16-31(26(34)23(18-32)30-27(35)36-28(4,5)6)24(21-14-11-13-20(8-2)17-21)25(33)29-22-15-10-9-12-19(22)3/h7-15,17,23-24,32H,1-2,16,18H2,3-6H3,(H,29,33)(H,30,35). The maximum absolute atomic E-state index is 13.7. The van der Waals surface area contributed by atoms with Crippen LogP contribution in [0.25, 0.3) is 6.08 Å². The number of benzene rings is 2. The molecular formula is C28H35N3O5. The van der Waals surface area contributed by atoms with Gasteiger partial charge < -0.3 is 25.4 Å². The number of aryl methyl sites for hydroxylation is 1. The summed E-state index contributed by atoms with van der Waals surface area (Å²) in [5.74, 6) is -1.13. The van der Waals surface area contributed by atoms with Gasteiger partial charge in [0.2, 0.25) is 5.91 Å². The number of aliphatic hydroxyl groups is 1. The average molecular weight is 494 g/mol. The zero-order valence-corrected chi connectivity index (χ0v) is 21.3. The SMILES string of the molecule is C=CCN(C(=O)C(CO)NC(=O)OC(C)(C)C)C(C(=O)Nc1ccccc1C)c1cccc(C=C)c1. The van der Waals surface area contributed by atoms with Crippen molar-refractivity contribution in [2.45, 2.75) is 45.4 Å². The highest BCUT2D eigenvalue weighted by Gasteiger charge is 2.35. The van der Waals surface area contributed by atoms with Crippen LogP contribution in [0.5, 0.6) is 0 Å². The van der Waals surface area contributed by atoms with Crippen molar-refractivity contribution in [1.82, 2.24) is 10.2 Å². The number of aliphatic hydroxyl groups excluding tert-OH is 1. The van der Waals surface area contributed by atoms with Crippen molar-refractivity contribution in [1.29, 1.82) is 0 Å². The van der Waals surface area contributed by atoms with Crippen molar-refractivity contribution in [2.24, 2.45) is 0 Å². The molecule has 0 radical (unpaired) electrons. The molecule has 2 aromatic rings. The minimum absolute atomic E-state index is 0.0183. The number of alkyl carbamates (subject to hydrolysis) is 1. The van der Waals surface area contributed by atoms with Gasteiger partial charge in [-0.3, -0.25) is 9.59 Å². The van der Waals surface area contributed by atoms with E-state index in [9.17, 15) is 19.5 Å². The Bertz CT molecular complexity index is 1110. The summed E-state index contributed by atoms with van der Waals surface area (Å²) in [5, 5.41) is 15.3. The monoisotopic (exact) mass is 493 g/mol. The third-order valence-electron chi connectivity index (χ3n) is 5.21. The zero-order valence-electron chi connectivity index (χ0n) is 21.3. The molecule has 2 rings (SSSR count). The smallest absolute Gasteiger partial charge is 0.408 e. The van der Waals surface area contributed by atoms with E-state index in [-0.39, 0.29) is 6.54 Å². The van der Waals surface area contributed by atoms with Gasteiger partial charge in [0.1, 0.15) is 17.7 Å². The summed E-state index contributed by atoms with van der Waals surface area (Å²) in [5.41, 5.74) is 1.95. The second kappa shape index (κ2) is 12.7. The molecule has 3 amide bonds. The molecule has 3 N–H and O–H groups in total. The van der Waals surface area contributed by atoms with E-state index < -0.39 is 42.2 Å². The van der Waals surface area contributed by atoms with E-state index in [1.54, 1.807) is 57.2 Å². The Kier molecular flexibility index (Phi) is 9.99. The Morgan fingerprint density at radius 1 is 1.11 bits per heavy atom. The lowest BCUT2D eigenvalue weighted by Gasteiger charge is -2.33. The third kappa shape index (κ3) is 7.81. The topological polar surface area (TPSA) is 108 Å². The molecule has 0 bridgehead atoms. The number of para-hydroxylation sites is 1. The number of anilines is 1. The second-order valence-corrected chi connectivity index (χ2v) is 9.24. The fourth-order valence-electron chi connectivity index (χ4n) is 3.54. The average Bonchev–Trinajstić information content (AvgIpc) is 2.82. The molecule has 8 nitrogen and oxygen atoms in total. The molecule has 0 aliphatic carbocycles. The molecule has 2 aromatic carbocycles. The van der Waals surface area contributed by atoms with E-state index >= 15 is 0 Å². The van der Waals surface area contributed by atoms with E-state index in [2.05, 4.69) is 23.8 Å². The number of rotatable bonds is 10. The molecule has 8 heteroatoms. The third-order valence-corrected chi connectivity index (χ3v) is 5.21. The number of carbonyl (C=O) groups excluding carboxylic acids is 3. The molecule has 0 heterocycles. The minimum atomic E-state index is -1.34. The largest absolute Gasteiger partial charge is 0.444 e. The van der Waals surface area contributed by atoms with Crippen molar-refractivity contribution in [2.75, 3.05) is 18.5 Å². The van der Waals surface area contributed by atoms with Crippen LogP contribution in [0, 0.1) is 6.92 Å². The lowest BCUT2D eigenvalue weighted by Crippen LogP contribution is -2.53. The Hall–Kier alpha value is -3.91. The summed E-state index contributed by atoms with van der Waals surface area (Å²) in [6.45, 7) is 13.7. The van der Waals surface area contributed by atoms with Crippen LogP contribution in [0.1, 0.15) is 43.5 Å². The fraction of sp³-hybridized carbons (Fsp3) is 0.321. The quantitative estimate of drug-likeness (QED) is 0.430. The first-order valence-electron chi connectivity index (χ1n) is 11.6. The lowest BCUT2D eigenvalue weighted by atomic mass is 10.00. The highest BCUT2D eigenvalue weighted by atomic mass is 16.6.